The Bertz CT molecular complexity index is 1010. The molecule has 3 N–H and O–H groups in total. The Labute approximate surface area is 227 Å². The van der Waals surface area contributed by atoms with Crippen LogP contribution in [-0.2, 0) is 16.1 Å². The number of likely N-dealkylation sites (tertiary alicyclic amines) is 1. The number of aliphatic hydroxyl groups excluding tert-OH is 1. The zero-order valence-electron chi connectivity index (χ0n) is 23.1. The Morgan fingerprint density at radius 2 is 1.53 bits per heavy atom. The van der Waals surface area contributed by atoms with Crippen molar-refractivity contribution in [1.29, 1.82) is 0 Å². The zero-order chi connectivity index (χ0) is 26.9. The van der Waals surface area contributed by atoms with Gasteiger partial charge >= 0.3 is 0 Å². The van der Waals surface area contributed by atoms with Crippen molar-refractivity contribution < 1.29 is 19.5 Å². The van der Waals surface area contributed by atoms with Crippen LogP contribution < -0.4 is 10.6 Å². The van der Waals surface area contributed by atoms with E-state index in [4.69, 9.17) is 0 Å². The Hall–Kier alpha value is -2.41. The lowest BCUT2D eigenvalue weighted by Gasteiger charge is -2.60. The van der Waals surface area contributed by atoms with Crippen LogP contribution in [-0.4, -0.2) is 54.0 Å². The van der Waals surface area contributed by atoms with Crippen molar-refractivity contribution in [3.8, 4) is 0 Å². The second kappa shape index (κ2) is 11.0. The van der Waals surface area contributed by atoms with Gasteiger partial charge in [0.25, 0.3) is 5.91 Å². The van der Waals surface area contributed by atoms with Gasteiger partial charge < -0.3 is 20.6 Å². The Balaban J connectivity index is 1.18. The van der Waals surface area contributed by atoms with Gasteiger partial charge in [0.05, 0.1) is 10.8 Å². The van der Waals surface area contributed by atoms with Gasteiger partial charge in [-0.1, -0.05) is 26.0 Å². The number of hydrogen-bond donors (Lipinski definition) is 3. The maximum absolute atomic E-state index is 13.6. The van der Waals surface area contributed by atoms with E-state index in [-0.39, 0.29) is 29.7 Å². The normalized spacial score (nSPS) is 30.5. The molecule has 0 spiro atoms. The molecule has 7 heteroatoms. The standard InChI is InChI=1S/C31H45N3O4/c1-21(2)7-10-32-28(37)30-14-24-13-25(15-30)17-31(16-24,20-30)29(38)33-18-22-3-5-26(6-4-22)27(36)34-11-8-23(19-35)9-12-34/h3-6,21,23-25,35H,7-20H2,1-2H3,(H,32,37)(H,33,38). The van der Waals surface area contributed by atoms with Crippen molar-refractivity contribution in [3.63, 3.8) is 0 Å². The van der Waals surface area contributed by atoms with Crippen LogP contribution in [0.25, 0.3) is 0 Å². The van der Waals surface area contributed by atoms with Gasteiger partial charge in [0.2, 0.25) is 11.8 Å². The number of nitrogens with one attached hydrogen (secondary N) is 2. The highest BCUT2D eigenvalue weighted by atomic mass is 16.3. The molecule has 5 aliphatic rings. The maximum atomic E-state index is 13.6. The molecule has 4 saturated carbocycles. The van der Waals surface area contributed by atoms with Crippen molar-refractivity contribution >= 4 is 17.7 Å². The molecule has 4 aliphatic carbocycles. The van der Waals surface area contributed by atoms with Gasteiger partial charge in [-0.15, -0.1) is 0 Å². The van der Waals surface area contributed by atoms with Crippen LogP contribution in [0, 0.1) is 34.5 Å². The molecular formula is C31H45N3O4. The van der Waals surface area contributed by atoms with Gasteiger partial charge in [-0.3, -0.25) is 14.4 Å². The average Bonchev–Trinajstić information content (AvgIpc) is 2.90. The van der Waals surface area contributed by atoms with E-state index in [0.29, 0.717) is 61.8 Å². The molecular weight excluding hydrogens is 478 g/mol. The molecule has 1 aromatic carbocycles. The lowest BCUT2D eigenvalue weighted by Crippen LogP contribution is -2.61. The molecule has 7 nitrogen and oxygen atoms in total. The quantitative estimate of drug-likeness (QED) is 0.457. The summed E-state index contributed by atoms with van der Waals surface area (Å²) in [6, 6.07) is 7.56. The third-order valence-electron chi connectivity index (χ3n) is 9.85. The van der Waals surface area contributed by atoms with Crippen LogP contribution >= 0.6 is 0 Å². The van der Waals surface area contributed by atoms with E-state index < -0.39 is 5.41 Å². The van der Waals surface area contributed by atoms with E-state index in [2.05, 4.69) is 24.5 Å². The molecule has 1 aromatic rings. The van der Waals surface area contributed by atoms with Crippen molar-refractivity contribution in [3.05, 3.63) is 35.4 Å². The molecule has 6 rings (SSSR count). The largest absolute Gasteiger partial charge is 0.396 e. The number of aliphatic hydroxyl groups is 1. The average molecular weight is 524 g/mol. The second-order valence-electron chi connectivity index (χ2n) is 13.3. The third-order valence-corrected chi connectivity index (χ3v) is 9.85. The molecule has 1 heterocycles. The molecule has 3 amide bonds. The third kappa shape index (κ3) is 5.49. The summed E-state index contributed by atoms with van der Waals surface area (Å²) < 4.78 is 0. The molecule has 38 heavy (non-hydrogen) atoms. The van der Waals surface area contributed by atoms with Crippen LogP contribution in [0.1, 0.15) is 87.6 Å². The van der Waals surface area contributed by atoms with Crippen molar-refractivity contribution in [2.45, 2.75) is 78.2 Å². The number of benzene rings is 1. The summed E-state index contributed by atoms with van der Waals surface area (Å²) in [6.07, 6.45) is 8.16. The van der Waals surface area contributed by atoms with Crippen molar-refractivity contribution in [2.75, 3.05) is 26.2 Å². The van der Waals surface area contributed by atoms with Crippen LogP contribution in [0.2, 0.25) is 0 Å². The van der Waals surface area contributed by atoms with Crippen molar-refractivity contribution in [2.24, 2.45) is 34.5 Å². The predicted molar refractivity (Wildman–Crippen MR) is 146 cm³/mol. The van der Waals surface area contributed by atoms with Crippen molar-refractivity contribution in [1.82, 2.24) is 15.5 Å². The molecule has 1 aliphatic heterocycles. The van der Waals surface area contributed by atoms with Gasteiger partial charge in [0.15, 0.2) is 0 Å². The Kier molecular flexibility index (Phi) is 7.86. The van der Waals surface area contributed by atoms with Gasteiger partial charge in [-0.2, -0.15) is 0 Å². The highest BCUT2D eigenvalue weighted by Crippen LogP contribution is 2.65. The lowest BCUT2D eigenvalue weighted by molar-refractivity contribution is -0.167. The molecule has 2 atom stereocenters. The first kappa shape index (κ1) is 27.2. The monoisotopic (exact) mass is 523 g/mol. The summed E-state index contributed by atoms with van der Waals surface area (Å²) in [5, 5.41) is 15.8. The Morgan fingerprint density at radius 3 is 2.08 bits per heavy atom. The first-order chi connectivity index (χ1) is 18.2. The van der Waals surface area contributed by atoms with E-state index in [9.17, 15) is 19.5 Å². The molecule has 0 radical (unpaired) electrons. The maximum Gasteiger partial charge on any atom is 0.253 e. The minimum absolute atomic E-state index is 0.0301. The topological polar surface area (TPSA) is 98.7 Å². The van der Waals surface area contributed by atoms with Gasteiger partial charge in [0.1, 0.15) is 0 Å². The summed E-state index contributed by atoms with van der Waals surface area (Å²) in [5.41, 5.74) is 0.816. The highest BCUT2D eigenvalue weighted by Gasteiger charge is 2.62. The van der Waals surface area contributed by atoms with E-state index in [1.165, 1.54) is 0 Å². The summed E-state index contributed by atoms with van der Waals surface area (Å²) in [6.45, 7) is 7.05. The van der Waals surface area contributed by atoms with Crippen LogP contribution in [0.15, 0.2) is 24.3 Å². The molecule has 5 fully saturated rings. The van der Waals surface area contributed by atoms with Crippen LogP contribution in [0.4, 0.5) is 0 Å². The number of nitrogens with zero attached hydrogens (tertiary/aromatic N) is 1. The number of rotatable bonds is 9. The molecule has 4 bridgehead atoms. The summed E-state index contributed by atoms with van der Waals surface area (Å²) in [4.78, 5) is 41.8. The van der Waals surface area contributed by atoms with Gasteiger partial charge in [-0.25, -0.2) is 0 Å². The smallest absolute Gasteiger partial charge is 0.253 e. The minimum Gasteiger partial charge on any atom is -0.396 e. The number of carbonyl (C=O) groups excluding carboxylic acids is 3. The van der Waals surface area contributed by atoms with Gasteiger partial charge in [-0.05, 0) is 99.2 Å². The SMILES string of the molecule is CC(C)CCNC(=O)C12CC3CC(C1)CC(C(=O)NCc1ccc(C(=O)N4CCC(CO)CC4)cc1)(C3)C2. The number of piperidine rings is 1. The fourth-order valence-electron chi connectivity index (χ4n) is 8.09. The first-order valence-electron chi connectivity index (χ1n) is 14.8. The van der Waals surface area contributed by atoms with E-state index in [1.807, 2.05) is 29.2 Å². The minimum atomic E-state index is -0.434. The highest BCUT2D eigenvalue weighted by molar-refractivity contribution is 5.94. The number of amides is 3. The van der Waals surface area contributed by atoms with Crippen LogP contribution in [0.5, 0.6) is 0 Å². The lowest BCUT2D eigenvalue weighted by atomic mass is 9.43. The zero-order valence-corrected chi connectivity index (χ0v) is 23.1. The number of carbonyl (C=O) groups is 3. The number of hydrogen-bond acceptors (Lipinski definition) is 4. The van der Waals surface area contributed by atoms with E-state index in [0.717, 1.165) is 56.9 Å². The fourth-order valence-corrected chi connectivity index (χ4v) is 8.09. The molecule has 208 valence electrons. The van der Waals surface area contributed by atoms with E-state index >= 15 is 0 Å². The predicted octanol–water partition coefficient (Wildman–Crippen LogP) is 3.90. The summed E-state index contributed by atoms with van der Waals surface area (Å²) in [5.74, 6) is 2.08. The van der Waals surface area contributed by atoms with E-state index in [1.54, 1.807) is 0 Å². The summed E-state index contributed by atoms with van der Waals surface area (Å²) in [7, 11) is 0. The van der Waals surface area contributed by atoms with Gasteiger partial charge in [0, 0.05) is 38.3 Å². The summed E-state index contributed by atoms with van der Waals surface area (Å²) >= 11 is 0. The molecule has 0 aromatic heterocycles. The second-order valence-corrected chi connectivity index (χ2v) is 13.3. The fraction of sp³-hybridized carbons (Fsp3) is 0.710. The molecule has 2 unspecified atom stereocenters. The molecule has 1 saturated heterocycles. The Morgan fingerprint density at radius 1 is 0.947 bits per heavy atom. The van der Waals surface area contributed by atoms with Crippen LogP contribution in [0.3, 0.4) is 0 Å². The first-order valence-corrected chi connectivity index (χ1v) is 14.8.